The van der Waals surface area contributed by atoms with Gasteiger partial charge in [-0.3, -0.25) is 4.79 Å². The van der Waals surface area contributed by atoms with E-state index in [1.807, 2.05) is 0 Å². The van der Waals surface area contributed by atoms with E-state index in [0.29, 0.717) is 0 Å². The highest BCUT2D eigenvalue weighted by Crippen LogP contribution is 2.61. The molecule has 1 aliphatic heterocycles. The number of alkyl halides is 2. The molecule has 0 bridgehead atoms. The molecule has 0 aromatic carbocycles. The molecule has 1 aliphatic carbocycles. The molecular weight excluding hydrogens is 204 g/mol. The Kier molecular flexibility index (Phi) is 2.10. The number of nitrogens with zero attached hydrogens (tertiary/aromatic N) is 1. The Morgan fingerprint density at radius 2 is 2.20 bits per heavy atom. The van der Waals surface area contributed by atoms with Crippen molar-refractivity contribution in [1.82, 2.24) is 0 Å². The maximum atomic E-state index is 13.2. The Balaban J connectivity index is 2.30. The molecule has 1 N–H and O–H groups in total. The van der Waals surface area contributed by atoms with Gasteiger partial charge in [0.05, 0.1) is 12.8 Å². The lowest BCUT2D eigenvalue weighted by Gasteiger charge is -2.11. The fraction of sp³-hybridized carbons (Fsp3) is 0.800. The van der Waals surface area contributed by atoms with Gasteiger partial charge < -0.3 is 5.11 Å². The predicted molar refractivity (Wildman–Crippen MR) is 49.5 cm³/mol. The number of halogens is 2. The number of aliphatic hydroxyl groups excluding tert-OH is 1. The summed E-state index contributed by atoms with van der Waals surface area (Å²) in [6, 6.07) is -0.819. The zero-order chi connectivity index (χ0) is 11.4. The smallest absolute Gasteiger partial charge is 0.331 e. The average Bonchev–Trinajstić information content (AvgIpc) is 2.60. The summed E-state index contributed by atoms with van der Waals surface area (Å²) in [5.74, 6) is -4.59. The number of hydrogen-bond acceptors (Lipinski definition) is 1. The third-order valence-electron chi connectivity index (χ3n) is 3.43. The summed E-state index contributed by atoms with van der Waals surface area (Å²) in [6.07, 6.45) is 0.230. The second-order valence-corrected chi connectivity index (χ2v) is 4.27. The molecule has 0 spiro atoms. The van der Waals surface area contributed by atoms with Crippen LogP contribution in [-0.2, 0) is 4.79 Å². The molecule has 5 heteroatoms. The summed E-state index contributed by atoms with van der Waals surface area (Å²) in [6.45, 7) is 3.18. The van der Waals surface area contributed by atoms with Gasteiger partial charge in [0.25, 0.3) is 5.92 Å². The van der Waals surface area contributed by atoms with Gasteiger partial charge in [0.1, 0.15) is 5.92 Å². The van der Waals surface area contributed by atoms with Crippen LogP contribution in [0.4, 0.5) is 8.78 Å². The molecule has 84 valence electrons. The fourth-order valence-corrected chi connectivity index (χ4v) is 2.52. The molecule has 0 unspecified atom stereocenters. The highest BCUT2D eigenvalue weighted by atomic mass is 19.3. The third kappa shape index (κ3) is 1.28. The van der Waals surface area contributed by atoms with Crippen molar-refractivity contribution in [3.05, 3.63) is 0 Å². The van der Waals surface area contributed by atoms with Gasteiger partial charge in [0, 0.05) is 6.42 Å². The summed E-state index contributed by atoms with van der Waals surface area (Å²) in [7, 11) is 0. The van der Waals surface area contributed by atoms with Crippen LogP contribution in [0.3, 0.4) is 0 Å². The lowest BCUT2D eigenvalue weighted by molar-refractivity contribution is -0.553. The number of fused-ring (bicyclic) bond motifs is 1. The first-order valence-corrected chi connectivity index (χ1v) is 5.11. The van der Waals surface area contributed by atoms with Crippen molar-refractivity contribution in [2.45, 2.75) is 32.2 Å². The lowest BCUT2D eigenvalue weighted by atomic mass is 10.1. The van der Waals surface area contributed by atoms with Crippen LogP contribution in [0.25, 0.3) is 0 Å². The van der Waals surface area contributed by atoms with E-state index in [1.165, 1.54) is 11.5 Å². The zero-order valence-electron chi connectivity index (χ0n) is 8.70. The fourth-order valence-electron chi connectivity index (χ4n) is 2.52. The molecule has 0 amide bonds. The summed E-state index contributed by atoms with van der Waals surface area (Å²) < 4.78 is 27.7. The van der Waals surface area contributed by atoms with E-state index in [4.69, 9.17) is 0 Å². The van der Waals surface area contributed by atoms with Gasteiger partial charge >= 0.3 is 5.90 Å². The Morgan fingerprint density at radius 3 is 2.67 bits per heavy atom. The monoisotopic (exact) mass is 218 g/mol. The van der Waals surface area contributed by atoms with Crippen molar-refractivity contribution in [2.24, 2.45) is 11.8 Å². The number of hydrogen-bond donors (Lipinski definition) is 1. The Bertz CT molecular complexity index is 347. The quantitative estimate of drug-likeness (QED) is 0.559. The molecule has 0 aromatic heterocycles. The van der Waals surface area contributed by atoms with E-state index in [2.05, 4.69) is 0 Å². The van der Waals surface area contributed by atoms with Crippen LogP contribution in [0.5, 0.6) is 0 Å². The molecule has 1 saturated carbocycles. The predicted octanol–water partition coefficient (Wildman–Crippen LogP) is 1.22. The van der Waals surface area contributed by atoms with Crippen LogP contribution in [0.15, 0.2) is 0 Å². The van der Waals surface area contributed by atoms with Gasteiger partial charge in [0.2, 0.25) is 6.04 Å². The third-order valence-corrected chi connectivity index (χ3v) is 3.43. The normalized spacial score (nSPS) is 39.9. The SMILES string of the molecule is CCC(=O)[C@@H]1[C@@H]2[C@H](C[N+]1=C(C)O)C2(F)F. The second kappa shape index (κ2) is 3.00. The number of carbonyl (C=O) groups is 1. The van der Waals surface area contributed by atoms with Gasteiger partial charge in [0.15, 0.2) is 12.3 Å². The van der Waals surface area contributed by atoms with Crippen molar-refractivity contribution in [3.63, 3.8) is 0 Å². The van der Waals surface area contributed by atoms with E-state index in [-0.39, 0.29) is 24.6 Å². The van der Waals surface area contributed by atoms with E-state index >= 15 is 0 Å². The molecule has 0 radical (unpaired) electrons. The molecule has 15 heavy (non-hydrogen) atoms. The molecule has 1 heterocycles. The van der Waals surface area contributed by atoms with E-state index in [9.17, 15) is 18.7 Å². The number of aliphatic hydroxyl groups is 1. The van der Waals surface area contributed by atoms with Crippen LogP contribution < -0.4 is 0 Å². The van der Waals surface area contributed by atoms with Crippen LogP contribution in [0.2, 0.25) is 0 Å². The average molecular weight is 218 g/mol. The maximum Gasteiger partial charge on any atom is 0.331 e. The Hall–Kier alpha value is -1.00. The first kappa shape index (κ1) is 10.5. The van der Waals surface area contributed by atoms with Crippen molar-refractivity contribution >= 4 is 11.7 Å². The zero-order valence-corrected chi connectivity index (χ0v) is 8.70. The van der Waals surface area contributed by atoms with Crippen LogP contribution in [0, 0.1) is 11.8 Å². The Morgan fingerprint density at radius 1 is 1.60 bits per heavy atom. The van der Waals surface area contributed by atoms with Gasteiger partial charge in [-0.05, 0) is 0 Å². The van der Waals surface area contributed by atoms with Crippen molar-refractivity contribution in [1.29, 1.82) is 0 Å². The second-order valence-electron chi connectivity index (χ2n) is 4.27. The highest BCUT2D eigenvalue weighted by Gasteiger charge is 2.81. The summed E-state index contributed by atoms with van der Waals surface area (Å²) in [4.78, 5) is 11.6. The molecule has 1 saturated heterocycles. The van der Waals surface area contributed by atoms with Crippen molar-refractivity contribution in [2.75, 3.05) is 6.54 Å². The number of piperidine rings is 1. The molecule has 2 rings (SSSR count). The van der Waals surface area contributed by atoms with Crippen molar-refractivity contribution in [3.8, 4) is 0 Å². The van der Waals surface area contributed by atoms with E-state index in [0.717, 1.165) is 0 Å². The van der Waals surface area contributed by atoms with Crippen LogP contribution in [-0.4, -0.2) is 39.9 Å². The van der Waals surface area contributed by atoms with Gasteiger partial charge in [-0.15, -0.1) is 0 Å². The summed E-state index contributed by atoms with van der Waals surface area (Å²) in [5.41, 5.74) is 0. The molecule has 2 aliphatic rings. The van der Waals surface area contributed by atoms with Crippen LogP contribution in [0.1, 0.15) is 20.3 Å². The number of rotatable bonds is 2. The van der Waals surface area contributed by atoms with Gasteiger partial charge in [-0.25, -0.2) is 8.78 Å². The first-order valence-electron chi connectivity index (χ1n) is 5.11. The standard InChI is InChI=1S/C10H13F2NO2/c1-3-7(15)9-8-6(10(8,11)12)4-13(9)5(2)14/h6,8-9H,3-4H2,1-2H3/p+1/t6-,8-,9+/m0/s1. The number of Topliss-reactive ketones (excluding diaryl/α,β-unsaturated/α-hetero) is 1. The van der Waals surface area contributed by atoms with Crippen molar-refractivity contribution < 1.29 is 23.3 Å². The minimum absolute atomic E-state index is 0.0372. The maximum absolute atomic E-state index is 13.2. The molecule has 3 atom stereocenters. The molecular formula is C10H14F2NO2+. The minimum Gasteiger partial charge on any atom is -0.464 e. The van der Waals surface area contributed by atoms with E-state index < -0.39 is 23.8 Å². The topological polar surface area (TPSA) is 40.3 Å². The van der Waals surface area contributed by atoms with Gasteiger partial charge in [-0.2, -0.15) is 4.58 Å². The molecule has 0 aromatic rings. The number of ketones is 1. The highest BCUT2D eigenvalue weighted by molar-refractivity contribution is 5.85. The van der Waals surface area contributed by atoms with E-state index in [1.54, 1.807) is 6.92 Å². The molecule has 2 fully saturated rings. The van der Waals surface area contributed by atoms with Gasteiger partial charge in [-0.1, -0.05) is 6.92 Å². The lowest BCUT2D eigenvalue weighted by Crippen LogP contribution is -2.38. The summed E-state index contributed by atoms with van der Waals surface area (Å²) >= 11 is 0. The first-order chi connectivity index (χ1) is 6.91. The largest absolute Gasteiger partial charge is 0.464 e. The Labute approximate surface area is 86.4 Å². The molecule has 3 nitrogen and oxygen atoms in total. The van der Waals surface area contributed by atoms with Crippen LogP contribution >= 0.6 is 0 Å². The number of carbonyl (C=O) groups excluding carboxylic acids is 1. The minimum atomic E-state index is -2.71. The summed E-state index contributed by atoms with van der Waals surface area (Å²) in [5, 5.41) is 9.32.